The van der Waals surface area contributed by atoms with Crippen LogP contribution in [0.4, 0.5) is 22.7 Å². The molecule has 0 aromatic heterocycles. The van der Waals surface area contributed by atoms with Crippen molar-refractivity contribution < 1.29 is 34.3 Å². The van der Waals surface area contributed by atoms with Gasteiger partial charge in [0.05, 0.1) is 19.7 Å². The predicted molar refractivity (Wildman–Crippen MR) is 102 cm³/mol. The Balaban J connectivity index is 0.000000327. The van der Waals surface area contributed by atoms with Crippen molar-refractivity contribution in [1.82, 2.24) is 0 Å². The minimum Gasteiger partial charge on any atom is -0.502 e. The van der Waals surface area contributed by atoms with Crippen LogP contribution in [-0.2, 0) is 4.79 Å². The second-order valence-corrected chi connectivity index (χ2v) is 5.22. The summed E-state index contributed by atoms with van der Waals surface area (Å²) in [6, 6.07) is 6.42. The molecule has 0 saturated heterocycles. The highest BCUT2D eigenvalue weighted by Gasteiger charge is 2.30. The lowest BCUT2D eigenvalue weighted by atomic mass is 10.2. The normalized spacial score (nSPS) is 9.97. The summed E-state index contributed by atoms with van der Waals surface area (Å²) in [5, 5.41) is 50.9. The van der Waals surface area contributed by atoms with E-state index >= 15 is 0 Å². The number of carbonyl (C=O) groups excluding carboxylic acids is 1. The van der Waals surface area contributed by atoms with Crippen molar-refractivity contribution in [2.75, 3.05) is 0 Å². The van der Waals surface area contributed by atoms with Gasteiger partial charge >= 0.3 is 28.7 Å². The Labute approximate surface area is 171 Å². The zero-order chi connectivity index (χ0) is 23.7. The molecule has 0 radical (unpaired) electrons. The van der Waals surface area contributed by atoms with Crippen LogP contribution in [0.15, 0.2) is 48.6 Å². The van der Waals surface area contributed by atoms with E-state index in [0.717, 1.165) is 30.3 Å². The van der Waals surface area contributed by atoms with E-state index < -0.39 is 59.9 Å². The first-order valence-electron chi connectivity index (χ1n) is 7.88. The van der Waals surface area contributed by atoms with Gasteiger partial charge in [0, 0.05) is 18.2 Å². The summed E-state index contributed by atoms with van der Waals surface area (Å²) >= 11 is 0. The van der Waals surface area contributed by atoms with E-state index in [4.69, 9.17) is 5.11 Å². The van der Waals surface area contributed by atoms with Crippen molar-refractivity contribution in [3.63, 3.8) is 0 Å². The molecule has 1 N–H and O–H groups in total. The summed E-state index contributed by atoms with van der Waals surface area (Å²) in [5.74, 6) is -2.02. The lowest BCUT2D eigenvalue weighted by Gasteiger charge is -2.02. The molecule has 0 spiro atoms. The van der Waals surface area contributed by atoms with Gasteiger partial charge in [-0.3, -0.25) is 40.5 Å². The molecule has 0 aliphatic heterocycles. The SMILES string of the molecule is C/C=C/C(=O)Oc1cccc([N+](=O)[O-])c1[N+](=O)[O-].O=[N+]([O-])c1cccc(O)c1[N+](=O)[O-]. The van der Waals surface area contributed by atoms with Crippen LogP contribution in [-0.4, -0.2) is 30.8 Å². The third-order valence-corrected chi connectivity index (χ3v) is 3.24. The molecule has 0 bridgehead atoms. The van der Waals surface area contributed by atoms with Gasteiger partial charge in [-0.1, -0.05) is 18.2 Å². The lowest BCUT2D eigenvalue weighted by molar-refractivity contribution is -0.423. The van der Waals surface area contributed by atoms with Gasteiger partial charge in [-0.2, -0.15) is 0 Å². The van der Waals surface area contributed by atoms with Crippen molar-refractivity contribution in [3.05, 3.63) is 89.0 Å². The molecule has 31 heavy (non-hydrogen) atoms. The quantitative estimate of drug-likeness (QED) is 0.228. The van der Waals surface area contributed by atoms with Gasteiger partial charge in [-0.05, 0) is 19.1 Å². The van der Waals surface area contributed by atoms with Crippen molar-refractivity contribution >= 4 is 28.7 Å². The summed E-state index contributed by atoms with van der Waals surface area (Å²) in [6.45, 7) is 1.56. The van der Waals surface area contributed by atoms with Gasteiger partial charge in [0.15, 0.2) is 0 Å². The molecule has 0 unspecified atom stereocenters. The van der Waals surface area contributed by atoms with E-state index in [1.54, 1.807) is 6.92 Å². The third kappa shape index (κ3) is 6.28. The van der Waals surface area contributed by atoms with E-state index in [2.05, 4.69) is 4.74 Å². The van der Waals surface area contributed by atoms with Crippen LogP contribution < -0.4 is 4.74 Å². The van der Waals surface area contributed by atoms with Gasteiger partial charge in [0.25, 0.3) is 0 Å². The highest BCUT2D eigenvalue weighted by atomic mass is 16.7. The monoisotopic (exact) mass is 436 g/mol. The standard InChI is InChI=1S/C10H8N2O6.C6H4N2O5/c1-2-4-9(13)18-8-6-3-5-7(11(14)15)10(8)12(16)17;9-5-3-1-2-4(7(10)11)6(5)8(12)13/h2-6H,1H3;1-3,9H/b4-2+;. The summed E-state index contributed by atoms with van der Waals surface area (Å²) in [6.07, 6.45) is 2.42. The van der Waals surface area contributed by atoms with Crippen LogP contribution in [0.2, 0.25) is 0 Å². The number of hydrogen-bond donors (Lipinski definition) is 1. The number of phenols is 1. The lowest BCUT2D eigenvalue weighted by Crippen LogP contribution is -2.07. The number of hydrogen-bond acceptors (Lipinski definition) is 11. The van der Waals surface area contributed by atoms with Crippen molar-refractivity contribution in [2.45, 2.75) is 6.92 Å². The maximum absolute atomic E-state index is 11.2. The number of nitro benzene ring substituents is 4. The van der Waals surface area contributed by atoms with Crippen LogP contribution in [0.25, 0.3) is 0 Å². The average Bonchev–Trinajstić information content (AvgIpc) is 2.67. The van der Waals surface area contributed by atoms with Crippen LogP contribution in [0.1, 0.15) is 6.92 Å². The molecule has 0 atom stereocenters. The molecular formula is C16H12N4O11. The van der Waals surface area contributed by atoms with E-state index in [1.807, 2.05) is 0 Å². The Kier molecular flexibility index (Phi) is 8.20. The smallest absolute Gasteiger partial charge is 0.388 e. The van der Waals surface area contributed by atoms with Gasteiger partial charge < -0.3 is 9.84 Å². The van der Waals surface area contributed by atoms with E-state index in [9.17, 15) is 45.3 Å². The predicted octanol–water partition coefficient (Wildman–Crippen LogP) is 3.19. The van der Waals surface area contributed by atoms with Gasteiger partial charge in [-0.25, -0.2) is 4.79 Å². The van der Waals surface area contributed by atoms with E-state index in [-0.39, 0.29) is 0 Å². The molecule has 0 amide bonds. The summed E-state index contributed by atoms with van der Waals surface area (Å²) in [5.41, 5.74) is -3.18. The molecule has 0 heterocycles. The first-order valence-corrected chi connectivity index (χ1v) is 7.88. The molecule has 162 valence electrons. The number of para-hydroxylation sites is 2. The number of nitrogens with zero attached hydrogens (tertiary/aromatic N) is 4. The number of aromatic hydroxyl groups is 1. The molecule has 2 aromatic carbocycles. The highest BCUT2D eigenvalue weighted by Crippen LogP contribution is 2.36. The Hall–Kier alpha value is -4.95. The Morgan fingerprint density at radius 1 is 0.839 bits per heavy atom. The van der Waals surface area contributed by atoms with Crippen LogP contribution in [0, 0.1) is 40.5 Å². The van der Waals surface area contributed by atoms with Gasteiger partial charge in [0.1, 0.15) is 0 Å². The average molecular weight is 436 g/mol. The summed E-state index contributed by atoms with van der Waals surface area (Å²) in [4.78, 5) is 49.4. The first-order chi connectivity index (χ1) is 14.5. The number of phenolic OH excluding ortho intramolecular Hbond substituents is 1. The molecular weight excluding hydrogens is 424 g/mol. The minimum atomic E-state index is -0.993. The fraction of sp³-hybridized carbons (Fsp3) is 0.0625. The number of allylic oxidation sites excluding steroid dienone is 1. The Morgan fingerprint density at radius 3 is 1.74 bits per heavy atom. The van der Waals surface area contributed by atoms with Crippen LogP contribution >= 0.6 is 0 Å². The molecule has 2 aromatic rings. The molecule has 0 saturated carbocycles. The number of benzene rings is 2. The molecule has 0 aliphatic rings. The van der Waals surface area contributed by atoms with Crippen molar-refractivity contribution in [3.8, 4) is 11.5 Å². The maximum Gasteiger partial charge on any atom is 0.388 e. The Bertz CT molecular complexity index is 1080. The maximum atomic E-state index is 11.2. The fourth-order valence-electron chi connectivity index (χ4n) is 2.06. The first kappa shape index (κ1) is 24.1. The minimum absolute atomic E-state index is 0.461. The van der Waals surface area contributed by atoms with Crippen LogP contribution in [0.3, 0.4) is 0 Å². The summed E-state index contributed by atoms with van der Waals surface area (Å²) in [7, 11) is 0. The molecule has 15 nitrogen and oxygen atoms in total. The van der Waals surface area contributed by atoms with Gasteiger partial charge in [0.2, 0.25) is 11.5 Å². The highest BCUT2D eigenvalue weighted by molar-refractivity contribution is 5.85. The van der Waals surface area contributed by atoms with E-state index in [0.29, 0.717) is 0 Å². The second kappa shape index (κ2) is 10.6. The zero-order valence-corrected chi connectivity index (χ0v) is 15.4. The number of carbonyl (C=O) groups is 1. The number of rotatable bonds is 6. The number of esters is 1. The fourth-order valence-corrected chi connectivity index (χ4v) is 2.06. The number of ether oxygens (including phenoxy) is 1. The Morgan fingerprint density at radius 2 is 1.32 bits per heavy atom. The third-order valence-electron chi connectivity index (χ3n) is 3.24. The second-order valence-electron chi connectivity index (χ2n) is 5.22. The van der Waals surface area contributed by atoms with E-state index in [1.165, 1.54) is 18.2 Å². The number of nitro groups is 4. The topological polar surface area (TPSA) is 219 Å². The summed E-state index contributed by atoms with van der Waals surface area (Å²) < 4.78 is 4.67. The van der Waals surface area contributed by atoms with Crippen molar-refractivity contribution in [1.29, 1.82) is 0 Å². The molecule has 0 fully saturated rings. The van der Waals surface area contributed by atoms with Crippen molar-refractivity contribution in [2.24, 2.45) is 0 Å². The largest absolute Gasteiger partial charge is 0.502 e. The van der Waals surface area contributed by atoms with Gasteiger partial charge in [-0.15, -0.1) is 0 Å². The zero-order valence-electron chi connectivity index (χ0n) is 15.4. The molecule has 15 heteroatoms. The molecule has 2 rings (SSSR count). The molecule has 0 aliphatic carbocycles. The van der Waals surface area contributed by atoms with Crippen LogP contribution in [0.5, 0.6) is 11.5 Å².